The smallest absolute Gasteiger partial charge is 0.429 e. The second-order valence-electron chi connectivity index (χ2n) is 8.54. The maximum Gasteiger partial charge on any atom is 0.429 e. The summed E-state index contributed by atoms with van der Waals surface area (Å²) in [6.07, 6.45) is 3.83. The Bertz CT molecular complexity index is 850. The van der Waals surface area contributed by atoms with Crippen LogP contribution >= 0.6 is 0 Å². The summed E-state index contributed by atoms with van der Waals surface area (Å²) in [6, 6.07) is 7.73. The summed E-state index contributed by atoms with van der Waals surface area (Å²) in [5.74, 6) is -0.512. The number of alkyl carbamates (subject to hydrolysis) is 1. The summed E-state index contributed by atoms with van der Waals surface area (Å²) in [6.45, 7) is 8.92. The highest BCUT2D eigenvalue weighted by Crippen LogP contribution is 2.23. The van der Waals surface area contributed by atoms with Crippen LogP contribution in [0.4, 0.5) is 9.59 Å². The van der Waals surface area contributed by atoms with Crippen LogP contribution in [0.2, 0.25) is 0 Å². The molecule has 1 saturated heterocycles. The molecule has 9 nitrogen and oxygen atoms in total. The molecule has 1 aliphatic heterocycles. The first-order valence-corrected chi connectivity index (χ1v) is 10.9. The molecule has 180 valence electrons. The van der Waals surface area contributed by atoms with Gasteiger partial charge in [0.25, 0.3) is 5.91 Å². The minimum Gasteiger partial charge on any atom is -0.444 e. The maximum atomic E-state index is 13.5. The predicted molar refractivity (Wildman–Crippen MR) is 123 cm³/mol. The Hall–Kier alpha value is -3.33. The minimum absolute atomic E-state index is 0.0571. The second kappa shape index (κ2) is 12.1. The van der Waals surface area contributed by atoms with E-state index in [2.05, 4.69) is 11.9 Å². The van der Waals surface area contributed by atoms with Gasteiger partial charge in [0, 0.05) is 6.54 Å². The van der Waals surface area contributed by atoms with E-state index in [4.69, 9.17) is 9.47 Å². The Kier molecular flexibility index (Phi) is 9.47. The number of carbonyl (C=O) groups is 3. The first kappa shape index (κ1) is 25.9. The number of benzene rings is 1. The number of rotatable bonds is 8. The van der Waals surface area contributed by atoms with Crippen molar-refractivity contribution in [2.75, 3.05) is 13.2 Å². The van der Waals surface area contributed by atoms with E-state index in [1.54, 1.807) is 26.8 Å². The Balaban J connectivity index is 2.20. The monoisotopic (exact) mass is 459 g/mol. The first-order valence-electron chi connectivity index (χ1n) is 10.9. The van der Waals surface area contributed by atoms with Crippen LogP contribution < -0.4 is 5.32 Å². The highest BCUT2D eigenvalue weighted by molar-refractivity contribution is 5.88. The van der Waals surface area contributed by atoms with Crippen molar-refractivity contribution < 1.29 is 29.0 Å². The number of hydrogen-bond acceptors (Lipinski definition) is 6. The molecule has 2 rings (SSSR count). The van der Waals surface area contributed by atoms with Gasteiger partial charge in [0.2, 0.25) is 0 Å². The molecule has 1 heterocycles. The van der Waals surface area contributed by atoms with Gasteiger partial charge in [0.1, 0.15) is 18.2 Å². The average molecular weight is 460 g/mol. The molecule has 1 aromatic rings. The number of aliphatic hydroxyl groups is 1. The molecule has 9 heteroatoms. The fourth-order valence-corrected chi connectivity index (χ4v) is 3.31. The molecule has 3 amide bonds. The number of amides is 3. The quantitative estimate of drug-likeness (QED) is 0.578. The zero-order valence-corrected chi connectivity index (χ0v) is 19.4. The first-order chi connectivity index (χ1) is 15.7. The van der Waals surface area contributed by atoms with Gasteiger partial charge in [-0.15, -0.1) is 6.58 Å². The van der Waals surface area contributed by atoms with Crippen molar-refractivity contribution in [3.05, 3.63) is 60.7 Å². The highest BCUT2D eigenvalue weighted by atomic mass is 16.6. The molecule has 33 heavy (non-hydrogen) atoms. The molecule has 1 aliphatic rings. The van der Waals surface area contributed by atoms with Gasteiger partial charge < -0.3 is 19.9 Å². The lowest BCUT2D eigenvalue weighted by Crippen LogP contribution is -2.56. The van der Waals surface area contributed by atoms with Gasteiger partial charge in [-0.25, -0.2) is 19.6 Å². The molecule has 2 atom stereocenters. The Morgan fingerprint density at radius 2 is 1.97 bits per heavy atom. The van der Waals surface area contributed by atoms with E-state index in [0.29, 0.717) is 6.42 Å². The van der Waals surface area contributed by atoms with E-state index in [9.17, 15) is 19.5 Å². The van der Waals surface area contributed by atoms with E-state index in [1.807, 2.05) is 30.3 Å². The molecule has 0 unspecified atom stereocenters. The Morgan fingerprint density at radius 3 is 2.58 bits per heavy atom. The molecular formula is C24H33N3O6. The highest BCUT2D eigenvalue weighted by Gasteiger charge is 2.41. The van der Waals surface area contributed by atoms with Gasteiger partial charge >= 0.3 is 12.2 Å². The summed E-state index contributed by atoms with van der Waals surface area (Å²) in [4.78, 5) is 38.6. The van der Waals surface area contributed by atoms with E-state index in [-0.39, 0.29) is 26.2 Å². The molecule has 0 aliphatic carbocycles. The topological polar surface area (TPSA) is 108 Å². The van der Waals surface area contributed by atoms with Crippen LogP contribution in [0.5, 0.6) is 0 Å². The number of hydrazine groups is 1. The van der Waals surface area contributed by atoms with Crippen molar-refractivity contribution in [3.63, 3.8) is 0 Å². The summed E-state index contributed by atoms with van der Waals surface area (Å²) in [5, 5.41) is 14.2. The zero-order valence-electron chi connectivity index (χ0n) is 19.4. The van der Waals surface area contributed by atoms with Crippen LogP contribution in [0.15, 0.2) is 55.1 Å². The van der Waals surface area contributed by atoms with Crippen molar-refractivity contribution in [3.8, 4) is 0 Å². The third kappa shape index (κ3) is 7.94. The van der Waals surface area contributed by atoms with Gasteiger partial charge in [-0.05, 0) is 39.2 Å². The van der Waals surface area contributed by atoms with E-state index < -0.39 is 35.8 Å². The summed E-state index contributed by atoms with van der Waals surface area (Å²) >= 11 is 0. The number of nitrogens with zero attached hydrogens (tertiary/aromatic N) is 2. The second-order valence-corrected chi connectivity index (χ2v) is 8.54. The molecule has 1 aromatic carbocycles. The number of hydrogen-bond donors (Lipinski definition) is 2. The zero-order chi connectivity index (χ0) is 24.4. The van der Waals surface area contributed by atoms with Crippen molar-refractivity contribution in [1.29, 1.82) is 0 Å². The maximum absolute atomic E-state index is 13.5. The molecule has 2 N–H and O–H groups in total. The summed E-state index contributed by atoms with van der Waals surface area (Å²) < 4.78 is 10.7. The lowest BCUT2D eigenvalue weighted by molar-refractivity contribution is -0.146. The van der Waals surface area contributed by atoms with E-state index in [1.165, 1.54) is 22.2 Å². The number of carbonyl (C=O) groups excluding carboxylic acids is 3. The van der Waals surface area contributed by atoms with Crippen LogP contribution in [-0.2, 0) is 20.9 Å². The fourth-order valence-electron chi connectivity index (χ4n) is 3.31. The average Bonchev–Trinajstić information content (AvgIpc) is 3.18. The molecule has 0 radical (unpaired) electrons. The molecule has 0 aromatic heterocycles. The number of nitrogens with one attached hydrogen (secondary N) is 1. The Labute approximate surface area is 194 Å². The molecule has 0 saturated carbocycles. The van der Waals surface area contributed by atoms with Gasteiger partial charge in [-0.1, -0.05) is 48.6 Å². The molecule has 1 fully saturated rings. The third-order valence-corrected chi connectivity index (χ3v) is 4.71. The van der Waals surface area contributed by atoms with Crippen LogP contribution in [0.25, 0.3) is 0 Å². The van der Waals surface area contributed by atoms with Gasteiger partial charge in [0.05, 0.1) is 12.6 Å². The lowest BCUT2D eigenvalue weighted by Gasteiger charge is -2.33. The van der Waals surface area contributed by atoms with E-state index in [0.717, 1.165) is 5.56 Å². The third-order valence-electron chi connectivity index (χ3n) is 4.71. The van der Waals surface area contributed by atoms with Gasteiger partial charge in [-0.3, -0.25) is 4.79 Å². The minimum atomic E-state index is -0.995. The summed E-state index contributed by atoms with van der Waals surface area (Å²) in [7, 11) is 0. The predicted octanol–water partition coefficient (Wildman–Crippen LogP) is 3.16. The van der Waals surface area contributed by atoms with Crippen molar-refractivity contribution in [1.82, 2.24) is 15.3 Å². The lowest BCUT2D eigenvalue weighted by atomic mass is 10.1. The van der Waals surface area contributed by atoms with Crippen LogP contribution in [-0.4, -0.2) is 64.1 Å². The standard InChI is InChI=1S/C24H33N3O6/c1-5-10-20(25-22(30)33-24(2,3)4)21(29)27-19(13-9-16-28)14-15-26(27)23(31)32-17-18-11-7-6-8-12-18/h5-9,11-13,19-20,28H,1,10,14-17H2,2-4H3,(H,25,30)/b13-9+/t19-,20+/m1/s1. The van der Waals surface area contributed by atoms with Crippen LogP contribution in [0.1, 0.15) is 39.2 Å². The number of aliphatic hydroxyl groups excluding tert-OH is 1. The molecule has 0 spiro atoms. The van der Waals surface area contributed by atoms with Crippen molar-refractivity contribution >= 4 is 18.1 Å². The van der Waals surface area contributed by atoms with Crippen molar-refractivity contribution in [2.45, 2.75) is 57.9 Å². The molecular weight excluding hydrogens is 426 g/mol. The molecule has 0 bridgehead atoms. The number of ether oxygens (including phenoxy) is 2. The summed E-state index contributed by atoms with van der Waals surface area (Å²) in [5.41, 5.74) is 0.0786. The van der Waals surface area contributed by atoms with E-state index >= 15 is 0 Å². The van der Waals surface area contributed by atoms with Crippen molar-refractivity contribution in [2.24, 2.45) is 0 Å². The SMILES string of the molecule is C=CC[C@H](NC(=O)OC(C)(C)C)C(=O)N1[C@H](/C=C/CO)CCN1C(=O)OCc1ccccc1. The van der Waals surface area contributed by atoms with Crippen LogP contribution in [0.3, 0.4) is 0 Å². The van der Waals surface area contributed by atoms with Crippen LogP contribution in [0, 0.1) is 0 Å². The largest absolute Gasteiger partial charge is 0.444 e. The van der Waals surface area contributed by atoms with Gasteiger partial charge in [0.15, 0.2) is 0 Å². The van der Waals surface area contributed by atoms with Gasteiger partial charge in [-0.2, -0.15) is 0 Å². The fraction of sp³-hybridized carbons (Fsp3) is 0.458. The normalized spacial score (nSPS) is 17.0. The Morgan fingerprint density at radius 1 is 1.27 bits per heavy atom.